The van der Waals surface area contributed by atoms with Crippen molar-refractivity contribution in [3.63, 3.8) is 0 Å². The maximum Gasteiger partial charge on any atom is 0.244 e. The quantitative estimate of drug-likeness (QED) is 0.715. The van der Waals surface area contributed by atoms with Crippen LogP contribution in [0.15, 0.2) is 29.2 Å². The Labute approximate surface area is 136 Å². The van der Waals surface area contributed by atoms with Gasteiger partial charge in [0.05, 0.1) is 18.0 Å². The van der Waals surface area contributed by atoms with Gasteiger partial charge in [0.15, 0.2) is 0 Å². The number of benzene rings is 1. The van der Waals surface area contributed by atoms with E-state index in [1.807, 2.05) is 19.1 Å². The minimum atomic E-state index is -3.60. The van der Waals surface area contributed by atoms with Crippen LogP contribution in [0, 0.1) is 13.8 Å². The van der Waals surface area contributed by atoms with E-state index >= 15 is 0 Å². The molecule has 0 amide bonds. The van der Waals surface area contributed by atoms with Crippen LogP contribution < -0.4 is 14.2 Å². The van der Waals surface area contributed by atoms with E-state index in [9.17, 15) is 8.42 Å². The number of ether oxygens (including phenoxy) is 2. The van der Waals surface area contributed by atoms with Crippen LogP contribution in [0.25, 0.3) is 0 Å². The van der Waals surface area contributed by atoms with Crippen molar-refractivity contribution in [2.75, 3.05) is 19.8 Å². The molecule has 126 valence electrons. The van der Waals surface area contributed by atoms with Crippen molar-refractivity contribution in [3.05, 3.63) is 35.7 Å². The van der Waals surface area contributed by atoms with E-state index in [2.05, 4.69) is 14.9 Å². The first-order chi connectivity index (χ1) is 10.9. The Morgan fingerprint density at radius 2 is 1.91 bits per heavy atom. The third-order valence-corrected chi connectivity index (χ3v) is 4.83. The Bertz CT molecular complexity index is 736. The number of H-pyrrole nitrogens is 1. The largest absolute Gasteiger partial charge is 0.494 e. The summed E-state index contributed by atoms with van der Waals surface area (Å²) in [7, 11) is -3.60. The van der Waals surface area contributed by atoms with Gasteiger partial charge in [0.2, 0.25) is 10.0 Å². The fraction of sp³-hybridized carbons (Fsp3) is 0.400. The molecule has 2 N–H and O–H groups in total. The number of hydrogen-bond acceptors (Lipinski definition) is 5. The van der Waals surface area contributed by atoms with Gasteiger partial charge in [-0.25, -0.2) is 13.1 Å². The van der Waals surface area contributed by atoms with Gasteiger partial charge in [0.1, 0.15) is 23.0 Å². The molecule has 23 heavy (non-hydrogen) atoms. The second kappa shape index (κ2) is 7.47. The van der Waals surface area contributed by atoms with Crippen molar-refractivity contribution in [2.45, 2.75) is 25.7 Å². The Hall–Kier alpha value is -2.06. The summed E-state index contributed by atoms with van der Waals surface area (Å²) in [6.07, 6.45) is 0. The average molecular weight is 339 g/mol. The van der Waals surface area contributed by atoms with Crippen molar-refractivity contribution < 1.29 is 17.9 Å². The summed E-state index contributed by atoms with van der Waals surface area (Å²) < 4.78 is 37.9. The van der Waals surface area contributed by atoms with Crippen molar-refractivity contribution in [3.8, 4) is 11.5 Å². The number of aromatic amines is 1. The molecular formula is C15H21N3O4S. The molecule has 0 bridgehead atoms. The molecule has 0 unspecified atom stereocenters. The van der Waals surface area contributed by atoms with Crippen LogP contribution in [-0.4, -0.2) is 38.4 Å². The normalized spacial score (nSPS) is 11.4. The predicted molar refractivity (Wildman–Crippen MR) is 86.4 cm³/mol. The Balaban J connectivity index is 1.89. The van der Waals surface area contributed by atoms with Crippen LogP contribution in [0.3, 0.4) is 0 Å². The second-order valence-electron chi connectivity index (χ2n) is 4.92. The summed E-state index contributed by atoms with van der Waals surface area (Å²) in [5, 5.41) is 6.56. The fourth-order valence-electron chi connectivity index (χ4n) is 2.17. The number of sulfonamides is 1. The summed E-state index contributed by atoms with van der Waals surface area (Å²) in [6, 6.07) is 7.22. The Morgan fingerprint density at radius 3 is 2.52 bits per heavy atom. The van der Waals surface area contributed by atoms with Gasteiger partial charge in [-0.3, -0.25) is 5.10 Å². The third kappa shape index (κ3) is 4.46. The number of hydrogen-bond donors (Lipinski definition) is 2. The molecule has 0 aliphatic rings. The number of nitrogens with one attached hydrogen (secondary N) is 2. The Kier molecular flexibility index (Phi) is 5.62. The monoisotopic (exact) mass is 339 g/mol. The van der Waals surface area contributed by atoms with E-state index in [0.717, 1.165) is 5.75 Å². The van der Waals surface area contributed by atoms with Crippen LogP contribution >= 0.6 is 0 Å². The van der Waals surface area contributed by atoms with Crippen LogP contribution in [0.2, 0.25) is 0 Å². The van der Waals surface area contributed by atoms with E-state index in [0.29, 0.717) is 23.7 Å². The minimum Gasteiger partial charge on any atom is -0.494 e. The molecule has 2 aromatic rings. The number of nitrogens with zero attached hydrogens (tertiary/aromatic N) is 1. The predicted octanol–water partition coefficient (Wildman–Crippen LogP) is 1.78. The van der Waals surface area contributed by atoms with Gasteiger partial charge < -0.3 is 9.47 Å². The molecule has 0 spiro atoms. The first-order valence-corrected chi connectivity index (χ1v) is 8.79. The van der Waals surface area contributed by atoms with Gasteiger partial charge in [0, 0.05) is 12.6 Å². The molecule has 1 aromatic heterocycles. The smallest absolute Gasteiger partial charge is 0.244 e. The van der Waals surface area contributed by atoms with Gasteiger partial charge in [-0.15, -0.1) is 0 Å². The summed E-state index contributed by atoms with van der Waals surface area (Å²) >= 11 is 0. The molecule has 0 atom stereocenters. The molecular weight excluding hydrogens is 318 g/mol. The Morgan fingerprint density at radius 1 is 1.22 bits per heavy atom. The lowest BCUT2D eigenvalue weighted by Gasteiger charge is -2.10. The van der Waals surface area contributed by atoms with E-state index in [1.54, 1.807) is 26.0 Å². The zero-order valence-corrected chi connectivity index (χ0v) is 14.2. The minimum absolute atomic E-state index is 0.158. The highest BCUT2D eigenvalue weighted by Gasteiger charge is 2.21. The molecule has 0 radical (unpaired) electrons. The fourth-order valence-corrected chi connectivity index (χ4v) is 3.55. The number of aryl methyl sites for hydroxylation is 2. The maximum absolute atomic E-state index is 12.2. The van der Waals surface area contributed by atoms with Crippen molar-refractivity contribution in [1.82, 2.24) is 14.9 Å². The molecule has 0 saturated heterocycles. The van der Waals surface area contributed by atoms with Crippen LogP contribution in [0.4, 0.5) is 0 Å². The molecule has 0 aliphatic heterocycles. The number of rotatable bonds is 8. The van der Waals surface area contributed by atoms with Gasteiger partial charge in [-0.2, -0.15) is 5.10 Å². The van der Waals surface area contributed by atoms with Crippen LogP contribution in [0.5, 0.6) is 11.5 Å². The van der Waals surface area contributed by atoms with Gasteiger partial charge in [-0.05, 0) is 32.9 Å². The summed E-state index contributed by atoms with van der Waals surface area (Å²) in [5.74, 6) is 1.35. The highest BCUT2D eigenvalue weighted by atomic mass is 32.2. The van der Waals surface area contributed by atoms with Gasteiger partial charge in [-0.1, -0.05) is 6.07 Å². The molecule has 0 fully saturated rings. The lowest BCUT2D eigenvalue weighted by Crippen LogP contribution is -2.29. The third-order valence-electron chi connectivity index (χ3n) is 3.11. The van der Waals surface area contributed by atoms with Crippen LogP contribution in [0.1, 0.15) is 18.3 Å². The van der Waals surface area contributed by atoms with E-state index in [1.165, 1.54) is 0 Å². The van der Waals surface area contributed by atoms with Gasteiger partial charge >= 0.3 is 0 Å². The molecule has 1 aromatic carbocycles. The molecule has 8 heteroatoms. The first-order valence-electron chi connectivity index (χ1n) is 7.31. The molecule has 2 rings (SSSR count). The standard InChI is InChI=1S/C15H21N3O4S/c1-4-21-13-6-5-7-14(10-13)22-9-8-16-23(19,20)15-11(2)17-18-12(15)3/h5-7,10,16H,4,8-9H2,1-3H3,(H,17,18). The zero-order valence-electron chi connectivity index (χ0n) is 13.4. The van der Waals surface area contributed by atoms with E-state index in [-0.39, 0.29) is 18.0 Å². The summed E-state index contributed by atoms with van der Waals surface area (Å²) in [5.41, 5.74) is 0.959. The first kappa shape index (κ1) is 17.3. The van der Waals surface area contributed by atoms with Crippen molar-refractivity contribution in [2.24, 2.45) is 0 Å². The number of aromatic nitrogens is 2. The van der Waals surface area contributed by atoms with Crippen molar-refractivity contribution in [1.29, 1.82) is 0 Å². The molecule has 0 aliphatic carbocycles. The summed E-state index contributed by atoms with van der Waals surface area (Å²) in [6.45, 7) is 6.17. The average Bonchev–Trinajstić information content (AvgIpc) is 2.84. The second-order valence-corrected chi connectivity index (χ2v) is 6.62. The topological polar surface area (TPSA) is 93.3 Å². The molecule has 7 nitrogen and oxygen atoms in total. The lowest BCUT2D eigenvalue weighted by molar-refractivity contribution is 0.313. The van der Waals surface area contributed by atoms with Crippen molar-refractivity contribution >= 4 is 10.0 Å². The van der Waals surface area contributed by atoms with Crippen LogP contribution in [-0.2, 0) is 10.0 Å². The summed E-state index contributed by atoms with van der Waals surface area (Å²) in [4.78, 5) is 0.191. The lowest BCUT2D eigenvalue weighted by atomic mass is 10.3. The molecule has 1 heterocycles. The van der Waals surface area contributed by atoms with E-state index < -0.39 is 10.0 Å². The molecule has 0 saturated carbocycles. The SMILES string of the molecule is CCOc1cccc(OCCNS(=O)(=O)c2c(C)n[nH]c2C)c1. The maximum atomic E-state index is 12.2. The highest BCUT2D eigenvalue weighted by molar-refractivity contribution is 7.89. The van der Waals surface area contributed by atoms with Gasteiger partial charge in [0.25, 0.3) is 0 Å². The highest BCUT2D eigenvalue weighted by Crippen LogP contribution is 2.19. The van der Waals surface area contributed by atoms with E-state index in [4.69, 9.17) is 9.47 Å². The zero-order chi connectivity index (χ0) is 16.9.